The Morgan fingerprint density at radius 2 is 1.96 bits per heavy atom. The Labute approximate surface area is 156 Å². The van der Waals surface area contributed by atoms with Gasteiger partial charge in [0, 0.05) is 30.1 Å². The van der Waals surface area contributed by atoms with Gasteiger partial charge in [0.1, 0.15) is 5.75 Å². The average Bonchev–Trinajstić information content (AvgIpc) is 3.01. The Morgan fingerprint density at radius 1 is 1.19 bits per heavy atom. The van der Waals surface area contributed by atoms with Crippen molar-refractivity contribution in [3.63, 3.8) is 0 Å². The summed E-state index contributed by atoms with van der Waals surface area (Å²) < 4.78 is 6.78. The van der Waals surface area contributed by atoms with E-state index in [0.717, 1.165) is 11.3 Å². The number of para-hydroxylation sites is 1. The fourth-order valence-corrected chi connectivity index (χ4v) is 3.13. The highest BCUT2D eigenvalue weighted by Gasteiger charge is 2.17. The summed E-state index contributed by atoms with van der Waals surface area (Å²) in [6.07, 6.45) is 2.20. The van der Waals surface area contributed by atoms with E-state index in [2.05, 4.69) is 5.32 Å². The second-order valence-corrected chi connectivity index (χ2v) is 6.35. The van der Waals surface area contributed by atoms with Crippen molar-refractivity contribution in [1.29, 1.82) is 0 Å². The van der Waals surface area contributed by atoms with Crippen LogP contribution in [0.4, 0.5) is 0 Å². The van der Waals surface area contributed by atoms with Gasteiger partial charge >= 0.3 is 0 Å². The number of aromatic nitrogens is 1. The molecule has 1 heterocycles. The highest BCUT2D eigenvalue weighted by atomic mass is 35.5. The van der Waals surface area contributed by atoms with E-state index in [0.29, 0.717) is 34.5 Å². The maximum atomic E-state index is 12.6. The highest BCUT2D eigenvalue weighted by Crippen LogP contribution is 2.25. The van der Waals surface area contributed by atoms with Gasteiger partial charge in [-0.3, -0.25) is 14.2 Å². The second-order valence-electron chi connectivity index (χ2n) is 5.91. The first-order valence-electron chi connectivity index (χ1n) is 8.23. The van der Waals surface area contributed by atoms with E-state index >= 15 is 0 Å². The molecule has 0 bridgehead atoms. The number of halogens is 1. The van der Waals surface area contributed by atoms with E-state index in [1.807, 2.05) is 24.3 Å². The number of carbonyl (C=O) groups is 2. The summed E-state index contributed by atoms with van der Waals surface area (Å²) in [5, 5.41) is 4.07. The van der Waals surface area contributed by atoms with Crippen LogP contribution in [0.5, 0.6) is 5.75 Å². The largest absolute Gasteiger partial charge is 0.496 e. The van der Waals surface area contributed by atoms with Crippen molar-refractivity contribution in [3.05, 3.63) is 64.8 Å². The smallest absolute Gasteiger partial charge is 0.253 e. The second kappa shape index (κ2) is 7.62. The summed E-state index contributed by atoms with van der Waals surface area (Å²) in [5.74, 6) is 0.388. The molecule has 2 aromatic carbocycles. The Balaban J connectivity index is 1.80. The van der Waals surface area contributed by atoms with Crippen LogP contribution in [0.15, 0.2) is 48.7 Å². The first-order valence-corrected chi connectivity index (χ1v) is 8.60. The van der Waals surface area contributed by atoms with E-state index in [1.54, 1.807) is 31.5 Å². The third-order valence-electron chi connectivity index (χ3n) is 4.22. The van der Waals surface area contributed by atoms with Crippen LogP contribution in [0.1, 0.15) is 27.6 Å². The molecule has 1 amide bonds. The number of hydrogen-bond acceptors (Lipinski definition) is 3. The number of amides is 1. The number of nitrogens with one attached hydrogen (secondary N) is 1. The molecule has 0 aliphatic carbocycles. The van der Waals surface area contributed by atoms with Crippen molar-refractivity contribution >= 4 is 34.3 Å². The van der Waals surface area contributed by atoms with Gasteiger partial charge in [-0.1, -0.05) is 29.8 Å². The lowest BCUT2D eigenvalue weighted by molar-refractivity contribution is 0.0941. The summed E-state index contributed by atoms with van der Waals surface area (Å²) >= 11 is 6.06. The predicted octanol–water partition coefficient (Wildman–Crippen LogP) is 3.94. The first kappa shape index (κ1) is 18.0. The molecule has 5 nitrogen and oxygen atoms in total. The van der Waals surface area contributed by atoms with Crippen LogP contribution < -0.4 is 10.1 Å². The van der Waals surface area contributed by atoms with Crippen molar-refractivity contribution in [2.75, 3.05) is 13.7 Å². The quantitative estimate of drug-likeness (QED) is 0.740. The molecule has 0 aliphatic rings. The monoisotopic (exact) mass is 370 g/mol. The molecular formula is C20H19ClN2O3. The number of nitrogens with zero attached hydrogens (tertiary/aromatic N) is 1. The molecule has 3 rings (SSSR count). The normalized spacial score (nSPS) is 10.7. The average molecular weight is 371 g/mol. The maximum Gasteiger partial charge on any atom is 0.253 e. The number of hydrogen-bond donors (Lipinski definition) is 1. The Bertz CT molecular complexity index is 978. The van der Waals surface area contributed by atoms with E-state index in [4.69, 9.17) is 16.3 Å². The molecule has 0 radical (unpaired) electrons. The number of ether oxygens (including phenoxy) is 1. The van der Waals surface area contributed by atoms with Gasteiger partial charge in [-0.25, -0.2) is 0 Å². The van der Waals surface area contributed by atoms with Gasteiger partial charge < -0.3 is 10.1 Å². The molecule has 6 heteroatoms. The first-order chi connectivity index (χ1) is 12.5. The number of fused-ring (bicyclic) bond motifs is 1. The molecule has 0 aliphatic heterocycles. The van der Waals surface area contributed by atoms with Crippen LogP contribution in [-0.2, 0) is 6.42 Å². The molecule has 0 unspecified atom stereocenters. The summed E-state index contributed by atoms with van der Waals surface area (Å²) in [7, 11) is 1.62. The summed E-state index contributed by atoms with van der Waals surface area (Å²) in [6, 6.07) is 12.8. The molecule has 1 aromatic heterocycles. The molecule has 0 saturated carbocycles. The molecule has 0 saturated heterocycles. The number of methoxy groups -OCH3 is 1. The topological polar surface area (TPSA) is 60.3 Å². The zero-order valence-corrected chi connectivity index (χ0v) is 15.3. The molecule has 0 spiro atoms. The molecular weight excluding hydrogens is 352 g/mol. The molecule has 0 fully saturated rings. The van der Waals surface area contributed by atoms with Crippen LogP contribution in [0.25, 0.3) is 10.9 Å². The minimum atomic E-state index is -0.243. The van der Waals surface area contributed by atoms with Gasteiger partial charge in [0.15, 0.2) is 0 Å². The van der Waals surface area contributed by atoms with Crippen LogP contribution in [0, 0.1) is 0 Å². The van der Waals surface area contributed by atoms with Gasteiger partial charge in [-0.2, -0.15) is 0 Å². The van der Waals surface area contributed by atoms with Crippen molar-refractivity contribution in [2.45, 2.75) is 13.3 Å². The molecule has 134 valence electrons. The zero-order valence-electron chi connectivity index (χ0n) is 14.6. The summed E-state index contributed by atoms with van der Waals surface area (Å²) in [6.45, 7) is 1.91. The number of rotatable bonds is 5. The van der Waals surface area contributed by atoms with Gasteiger partial charge in [0.2, 0.25) is 5.91 Å². The van der Waals surface area contributed by atoms with Gasteiger partial charge in [0.05, 0.1) is 18.2 Å². The lowest BCUT2D eigenvalue weighted by Crippen LogP contribution is -2.25. The standard InChI is InChI=1S/C20H19ClN2O3/c1-13(24)23-12-17(16-11-15(21)7-8-18(16)23)20(25)22-10-9-14-5-3-4-6-19(14)26-2/h3-8,11-12H,9-10H2,1-2H3,(H,22,25). The third kappa shape index (κ3) is 3.58. The Hall–Kier alpha value is -2.79. The van der Waals surface area contributed by atoms with Gasteiger partial charge in [0.25, 0.3) is 5.91 Å². The molecule has 1 N–H and O–H groups in total. The van der Waals surface area contributed by atoms with Gasteiger partial charge in [-0.15, -0.1) is 0 Å². The SMILES string of the molecule is COc1ccccc1CCNC(=O)c1cn(C(C)=O)c2ccc(Cl)cc12. The fraction of sp³-hybridized carbons (Fsp3) is 0.200. The van der Waals surface area contributed by atoms with Crippen LogP contribution in [-0.4, -0.2) is 30.0 Å². The number of benzene rings is 2. The fourth-order valence-electron chi connectivity index (χ4n) is 2.96. The minimum Gasteiger partial charge on any atom is -0.496 e. The van der Waals surface area contributed by atoms with Crippen LogP contribution >= 0.6 is 11.6 Å². The van der Waals surface area contributed by atoms with E-state index in [-0.39, 0.29) is 11.8 Å². The van der Waals surface area contributed by atoms with Gasteiger partial charge in [-0.05, 0) is 36.2 Å². The number of carbonyl (C=O) groups excluding carboxylic acids is 2. The van der Waals surface area contributed by atoms with E-state index in [9.17, 15) is 9.59 Å². The Kier molecular flexibility index (Phi) is 5.28. The summed E-state index contributed by atoms with van der Waals surface area (Å²) in [5.41, 5.74) is 2.11. The van der Waals surface area contributed by atoms with Crippen molar-refractivity contribution in [2.24, 2.45) is 0 Å². The lowest BCUT2D eigenvalue weighted by atomic mass is 10.1. The molecule has 26 heavy (non-hydrogen) atoms. The maximum absolute atomic E-state index is 12.6. The van der Waals surface area contributed by atoms with Crippen LogP contribution in [0.3, 0.4) is 0 Å². The lowest BCUT2D eigenvalue weighted by Gasteiger charge is -2.09. The summed E-state index contributed by atoms with van der Waals surface area (Å²) in [4.78, 5) is 24.5. The Morgan fingerprint density at radius 3 is 2.69 bits per heavy atom. The minimum absolute atomic E-state index is 0.162. The van der Waals surface area contributed by atoms with E-state index in [1.165, 1.54) is 11.5 Å². The van der Waals surface area contributed by atoms with E-state index < -0.39 is 0 Å². The van der Waals surface area contributed by atoms with Crippen molar-refractivity contribution in [1.82, 2.24) is 9.88 Å². The van der Waals surface area contributed by atoms with Crippen molar-refractivity contribution in [3.8, 4) is 5.75 Å². The highest BCUT2D eigenvalue weighted by molar-refractivity contribution is 6.31. The third-order valence-corrected chi connectivity index (χ3v) is 4.46. The van der Waals surface area contributed by atoms with Crippen molar-refractivity contribution < 1.29 is 14.3 Å². The molecule has 3 aromatic rings. The zero-order chi connectivity index (χ0) is 18.7. The molecule has 0 atom stereocenters. The predicted molar refractivity (Wildman–Crippen MR) is 102 cm³/mol. The van der Waals surface area contributed by atoms with Crippen LogP contribution in [0.2, 0.25) is 5.02 Å².